The van der Waals surface area contributed by atoms with E-state index in [-0.39, 0.29) is 11.9 Å². The molecule has 0 saturated carbocycles. The molecule has 3 aromatic rings. The predicted molar refractivity (Wildman–Crippen MR) is 112 cm³/mol. The van der Waals surface area contributed by atoms with E-state index in [1.54, 1.807) is 22.9 Å². The van der Waals surface area contributed by atoms with Crippen molar-refractivity contribution in [3.63, 3.8) is 0 Å². The van der Waals surface area contributed by atoms with Crippen LogP contribution < -0.4 is 4.80 Å². The van der Waals surface area contributed by atoms with Crippen molar-refractivity contribution in [2.45, 2.75) is 18.9 Å². The Morgan fingerprint density at radius 3 is 2.79 bits per heavy atom. The molecule has 0 spiro atoms. The van der Waals surface area contributed by atoms with Crippen LogP contribution in [0.1, 0.15) is 18.4 Å². The van der Waals surface area contributed by atoms with Gasteiger partial charge in [0.2, 0.25) is 4.80 Å². The summed E-state index contributed by atoms with van der Waals surface area (Å²) in [7, 11) is 0. The van der Waals surface area contributed by atoms with Gasteiger partial charge in [-0.25, -0.2) is 9.07 Å². The third-order valence-corrected chi connectivity index (χ3v) is 5.60. The summed E-state index contributed by atoms with van der Waals surface area (Å²) in [4.78, 5) is 5.45. The zero-order chi connectivity index (χ0) is 19.3. The van der Waals surface area contributed by atoms with Gasteiger partial charge in [-0.3, -0.25) is 4.99 Å². The van der Waals surface area contributed by atoms with Crippen LogP contribution in [0.15, 0.2) is 64.0 Å². The van der Waals surface area contributed by atoms with Crippen LogP contribution in [0, 0.1) is 5.82 Å². The Morgan fingerprint density at radius 1 is 1.21 bits per heavy atom. The van der Waals surface area contributed by atoms with Gasteiger partial charge in [0, 0.05) is 28.1 Å². The Labute approximate surface area is 171 Å². The number of hydrogen-bond acceptors (Lipinski definition) is 4. The second kappa shape index (κ2) is 8.82. The molecule has 1 atom stereocenters. The molecule has 0 aliphatic carbocycles. The summed E-state index contributed by atoms with van der Waals surface area (Å²) >= 11 is 7.52. The van der Waals surface area contributed by atoms with Crippen LogP contribution in [0.25, 0.3) is 11.3 Å². The van der Waals surface area contributed by atoms with Crippen molar-refractivity contribution in [1.29, 1.82) is 0 Å². The number of hydrogen-bond donors (Lipinski definition) is 0. The number of rotatable bonds is 5. The van der Waals surface area contributed by atoms with E-state index in [9.17, 15) is 4.39 Å². The van der Waals surface area contributed by atoms with Gasteiger partial charge in [-0.15, -0.1) is 11.3 Å². The molecule has 2 heterocycles. The van der Waals surface area contributed by atoms with Crippen molar-refractivity contribution in [2.24, 2.45) is 10.1 Å². The molecular weight excluding hydrogens is 397 g/mol. The third kappa shape index (κ3) is 4.41. The van der Waals surface area contributed by atoms with Gasteiger partial charge in [0.15, 0.2) is 0 Å². The predicted octanol–water partition coefficient (Wildman–Crippen LogP) is 4.97. The lowest BCUT2D eigenvalue weighted by Gasteiger charge is -2.06. The van der Waals surface area contributed by atoms with E-state index in [0.717, 1.165) is 35.5 Å². The van der Waals surface area contributed by atoms with Crippen molar-refractivity contribution in [3.05, 3.63) is 75.1 Å². The first-order valence-corrected chi connectivity index (χ1v) is 10.3. The fraction of sp³-hybridized carbons (Fsp3) is 0.238. The normalized spacial score (nSPS) is 17.6. The highest BCUT2D eigenvalue weighted by Gasteiger charge is 2.15. The number of ether oxygens (including phenoxy) is 1. The largest absolute Gasteiger partial charge is 0.376 e. The lowest BCUT2D eigenvalue weighted by atomic mass is 10.2. The molecule has 2 aromatic carbocycles. The SMILES string of the molecule is Fc1ccccc1C=Nn1c(-c2ccc(Cl)cc2)csc1=NCC1CCCO1. The number of thiazole rings is 1. The molecule has 0 N–H and O–H groups in total. The molecule has 28 heavy (non-hydrogen) atoms. The highest BCUT2D eigenvalue weighted by Crippen LogP contribution is 2.22. The number of nitrogens with zero attached hydrogens (tertiary/aromatic N) is 3. The maximum absolute atomic E-state index is 14.0. The zero-order valence-corrected chi connectivity index (χ0v) is 16.7. The van der Waals surface area contributed by atoms with Gasteiger partial charge >= 0.3 is 0 Å². The summed E-state index contributed by atoms with van der Waals surface area (Å²) in [5.41, 5.74) is 2.26. The molecule has 0 amide bonds. The van der Waals surface area contributed by atoms with Crippen LogP contribution in [-0.4, -0.2) is 30.1 Å². The van der Waals surface area contributed by atoms with Gasteiger partial charge in [-0.1, -0.05) is 41.9 Å². The molecule has 1 saturated heterocycles. The van der Waals surface area contributed by atoms with E-state index in [2.05, 4.69) is 5.10 Å². The van der Waals surface area contributed by atoms with Crippen molar-refractivity contribution < 1.29 is 9.13 Å². The van der Waals surface area contributed by atoms with Crippen LogP contribution in [0.4, 0.5) is 4.39 Å². The van der Waals surface area contributed by atoms with E-state index in [1.807, 2.05) is 29.6 Å². The minimum absolute atomic E-state index is 0.157. The van der Waals surface area contributed by atoms with Crippen LogP contribution in [-0.2, 0) is 4.74 Å². The van der Waals surface area contributed by atoms with Crippen LogP contribution in [0.5, 0.6) is 0 Å². The summed E-state index contributed by atoms with van der Waals surface area (Å²) in [6.07, 6.45) is 3.78. The Bertz CT molecular complexity index is 1040. The van der Waals surface area contributed by atoms with Crippen molar-refractivity contribution in [2.75, 3.05) is 13.2 Å². The van der Waals surface area contributed by atoms with Gasteiger partial charge in [0.05, 0.1) is 24.6 Å². The standard InChI is InChI=1S/C21H19ClFN3OS/c22-17-9-7-15(8-10-17)20-14-28-21(24-13-18-5-3-11-27-18)26(20)25-12-16-4-1-2-6-19(16)23/h1-2,4,6-10,12,14,18H,3,5,11,13H2. The highest BCUT2D eigenvalue weighted by atomic mass is 35.5. The molecule has 4 nitrogen and oxygen atoms in total. The number of aromatic nitrogens is 1. The molecule has 144 valence electrons. The van der Waals surface area contributed by atoms with E-state index in [0.29, 0.717) is 17.1 Å². The van der Waals surface area contributed by atoms with Gasteiger partial charge in [-0.05, 0) is 31.0 Å². The van der Waals surface area contributed by atoms with Crippen LogP contribution in [0.3, 0.4) is 0 Å². The topological polar surface area (TPSA) is 38.9 Å². The average Bonchev–Trinajstić information content (AvgIpc) is 3.36. The average molecular weight is 416 g/mol. The fourth-order valence-corrected chi connectivity index (χ4v) is 3.98. The van der Waals surface area contributed by atoms with Gasteiger partial charge in [-0.2, -0.15) is 5.10 Å². The first-order chi connectivity index (χ1) is 13.7. The summed E-state index contributed by atoms with van der Waals surface area (Å²) in [6, 6.07) is 14.1. The Hall–Kier alpha value is -2.28. The quantitative estimate of drug-likeness (QED) is 0.542. The Morgan fingerprint density at radius 2 is 2.04 bits per heavy atom. The molecular formula is C21H19ClFN3OS. The monoisotopic (exact) mass is 415 g/mol. The van der Waals surface area contributed by atoms with Crippen molar-refractivity contribution in [3.8, 4) is 11.3 Å². The molecule has 0 bridgehead atoms. The van der Waals surface area contributed by atoms with Crippen LogP contribution in [0.2, 0.25) is 5.02 Å². The van der Waals surface area contributed by atoms with Crippen molar-refractivity contribution >= 4 is 29.2 Å². The molecule has 1 aromatic heterocycles. The summed E-state index contributed by atoms with van der Waals surface area (Å²) < 4.78 is 21.4. The minimum Gasteiger partial charge on any atom is -0.376 e. The minimum atomic E-state index is -0.312. The smallest absolute Gasteiger partial charge is 0.206 e. The fourth-order valence-electron chi connectivity index (χ4n) is 3.01. The van der Waals surface area contributed by atoms with Gasteiger partial charge in [0.25, 0.3) is 0 Å². The second-order valence-corrected chi connectivity index (χ2v) is 7.74. The second-order valence-electron chi connectivity index (χ2n) is 6.46. The van der Waals surface area contributed by atoms with E-state index in [4.69, 9.17) is 21.3 Å². The first-order valence-electron chi connectivity index (χ1n) is 9.08. The molecule has 0 radical (unpaired) electrons. The number of benzene rings is 2. The molecule has 1 aliphatic heterocycles. The molecule has 1 unspecified atom stereocenters. The Kier molecular flexibility index (Phi) is 6.00. The third-order valence-electron chi connectivity index (χ3n) is 4.50. The lowest BCUT2D eigenvalue weighted by molar-refractivity contribution is 0.117. The number of halogens is 2. The van der Waals surface area contributed by atoms with E-state index >= 15 is 0 Å². The zero-order valence-electron chi connectivity index (χ0n) is 15.1. The van der Waals surface area contributed by atoms with Crippen LogP contribution >= 0.6 is 22.9 Å². The van der Waals surface area contributed by atoms with Gasteiger partial charge < -0.3 is 4.74 Å². The molecule has 1 aliphatic rings. The summed E-state index contributed by atoms with van der Waals surface area (Å²) in [5, 5.41) is 7.20. The van der Waals surface area contributed by atoms with E-state index < -0.39 is 0 Å². The van der Waals surface area contributed by atoms with Crippen molar-refractivity contribution in [1.82, 2.24) is 4.68 Å². The Balaban J connectivity index is 1.73. The van der Waals surface area contributed by atoms with Gasteiger partial charge in [0.1, 0.15) is 5.82 Å². The molecule has 1 fully saturated rings. The molecule has 7 heteroatoms. The molecule has 4 rings (SSSR count). The maximum Gasteiger partial charge on any atom is 0.206 e. The van der Waals surface area contributed by atoms with E-state index in [1.165, 1.54) is 23.6 Å². The highest BCUT2D eigenvalue weighted by molar-refractivity contribution is 7.07. The summed E-state index contributed by atoms with van der Waals surface area (Å²) in [6.45, 7) is 1.39. The summed E-state index contributed by atoms with van der Waals surface area (Å²) in [5.74, 6) is -0.312. The first kappa shape index (κ1) is 19.1. The lowest BCUT2D eigenvalue weighted by Crippen LogP contribution is -2.17. The maximum atomic E-state index is 14.0.